The molecule has 0 fully saturated rings. The number of hydrogen-bond donors (Lipinski definition) is 3. The Bertz CT molecular complexity index is 941. The quantitative estimate of drug-likeness (QED) is 0.652. The highest BCUT2D eigenvalue weighted by Crippen LogP contribution is 2.38. The van der Waals surface area contributed by atoms with Crippen molar-refractivity contribution in [3.05, 3.63) is 46.7 Å². The van der Waals surface area contributed by atoms with E-state index in [0.717, 1.165) is 28.0 Å². The predicted octanol–water partition coefficient (Wildman–Crippen LogP) is 3.36. The molecule has 0 aliphatic carbocycles. The van der Waals surface area contributed by atoms with E-state index in [1.54, 1.807) is 30.2 Å². The number of aromatic nitrogens is 3. The Balaban J connectivity index is 1.69. The Morgan fingerprint density at radius 2 is 2.33 bits per heavy atom. The lowest BCUT2D eigenvalue weighted by Crippen LogP contribution is -2.18. The second-order valence-corrected chi connectivity index (χ2v) is 7.10. The van der Waals surface area contributed by atoms with Crippen LogP contribution in [0.3, 0.4) is 0 Å². The number of carbonyl (C=O) groups excluding carboxylic acids is 1. The molecule has 24 heavy (non-hydrogen) atoms. The first kappa shape index (κ1) is 15.4. The summed E-state index contributed by atoms with van der Waals surface area (Å²) in [4.78, 5) is 17.9. The molecule has 0 spiro atoms. The van der Waals surface area contributed by atoms with Crippen LogP contribution in [0.1, 0.15) is 28.4 Å². The molecule has 8 heteroatoms. The van der Waals surface area contributed by atoms with Crippen LogP contribution < -0.4 is 11.1 Å². The van der Waals surface area contributed by atoms with Gasteiger partial charge >= 0.3 is 0 Å². The standard InChI is InChI=1S/C16H14ClN5OS/c17-11-5-9-12(18)2-4-24-14(9)6-8(11)16(23)21-13-1-3-19-15-10(13)7-20-22-15/h1,3,5-7,12H,2,4,18H2,(H2,19,20,21,22,23)/t12-/m0/s1. The molecular formula is C16H14ClN5OS. The number of fused-ring (bicyclic) bond motifs is 2. The largest absolute Gasteiger partial charge is 0.324 e. The molecule has 1 aromatic carbocycles. The fourth-order valence-corrected chi connectivity index (χ4v) is 4.19. The topological polar surface area (TPSA) is 96.7 Å². The van der Waals surface area contributed by atoms with Crippen molar-refractivity contribution in [1.29, 1.82) is 0 Å². The van der Waals surface area contributed by atoms with Crippen molar-refractivity contribution in [3.63, 3.8) is 0 Å². The Labute approximate surface area is 147 Å². The van der Waals surface area contributed by atoms with Crippen molar-refractivity contribution in [2.24, 2.45) is 5.73 Å². The molecule has 3 aromatic rings. The number of nitrogens with two attached hydrogens (primary N) is 1. The van der Waals surface area contributed by atoms with E-state index < -0.39 is 0 Å². The summed E-state index contributed by atoms with van der Waals surface area (Å²) in [7, 11) is 0. The van der Waals surface area contributed by atoms with Gasteiger partial charge < -0.3 is 11.1 Å². The van der Waals surface area contributed by atoms with Crippen LogP contribution in [-0.4, -0.2) is 26.8 Å². The van der Waals surface area contributed by atoms with Gasteiger partial charge in [0.25, 0.3) is 5.91 Å². The van der Waals surface area contributed by atoms with Crippen molar-refractivity contribution in [1.82, 2.24) is 15.2 Å². The van der Waals surface area contributed by atoms with Crippen molar-refractivity contribution in [3.8, 4) is 0 Å². The van der Waals surface area contributed by atoms with Crippen LogP contribution in [0.25, 0.3) is 11.0 Å². The van der Waals surface area contributed by atoms with E-state index in [2.05, 4.69) is 20.5 Å². The highest BCUT2D eigenvalue weighted by atomic mass is 35.5. The molecule has 4 N–H and O–H groups in total. The summed E-state index contributed by atoms with van der Waals surface area (Å²) in [5.41, 5.74) is 8.82. The number of rotatable bonds is 2. The summed E-state index contributed by atoms with van der Waals surface area (Å²) in [6.07, 6.45) is 4.15. The smallest absolute Gasteiger partial charge is 0.257 e. The van der Waals surface area contributed by atoms with Gasteiger partial charge in [0.05, 0.1) is 27.9 Å². The molecule has 1 aliphatic rings. The molecule has 1 amide bonds. The summed E-state index contributed by atoms with van der Waals surface area (Å²) < 4.78 is 0. The third-order valence-electron chi connectivity index (χ3n) is 4.03. The van der Waals surface area contributed by atoms with E-state index in [9.17, 15) is 4.79 Å². The number of carbonyl (C=O) groups is 1. The zero-order chi connectivity index (χ0) is 16.7. The normalized spacial score (nSPS) is 16.8. The average molecular weight is 360 g/mol. The summed E-state index contributed by atoms with van der Waals surface area (Å²) >= 11 is 8.03. The summed E-state index contributed by atoms with van der Waals surface area (Å²) in [5, 5.41) is 10.8. The molecule has 1 aliphatic heterocycles. The van der Waals surface area contributed by atoms with Gasteiger partial charge in [0.2, 0.25) is 0 Å². The molecule has 1 atom stereocenters. The number of benzene rings is 1. The van der Waals surface area contributed by atoms with Gasteiger partial charge in [0.1, 0.15) is 0 Å². The lowest BCUT2D eigenvalue weighted by molar-refractivity contribution is 0.102. The van der Waals surface area contributed by atoms with Crippen molar-refractivity contribution in [2.45, 2.75) is 17.4 Å². The van der Waals surface area contributed by atoms with Crippen molar-refractivity contribution in [2.75, 3.05) is 11.1 Å². The maximum absolute atomic E-state index is 12.7. The van der Waals surface area contributed by atoms with Gasteiger partial charge in [0, 0.05) is 17.1 Å². The highest BCUT2D eigenvalue weighted by Gasteiger charge is 2.22. The van der Waals surface area contributed by atoms with Crippen LogP contribution in [0.15, 0.2) is 35.5 Å². The number of hydrogen-bond acceptors (Lipinski definition) is 5. The monoisotopic (exact) mass is 359 g/mol. The third-order valence-corrected chi connectivity index (χ3v) is 5.45. The number of thioether (sulfide) groups is 1. The molecule has 0 saturated carbocycles. The Morgan fingerprint density at radius 1 is 1.46 bits per heavy atom. The van der Waals surface area contributed by atoms with Gasteiger partial charge in [-0.1, -0.05) is 11.6 Å². The van der Waals surface area contributed by atoms with Gasteiger partial charge in [-0.05, 0) is 35.9 Å². The highest BCUT2D eigenvalue weighted by molar-refractivity contribution is 7.99. The molecule has 0 bridgehead atoms. The van der Waals surface area contributed by atoms with Gasteiger partial charge in [-0.15, -0.1) is 11.8 Å². The first-order chi connectivity index (χ1) is 11.6. The van der Waals surface area contributed by atoms with Crippen molar-refractivity contribution >= 4 is 46.0 Å². The van der Waals surface area contributed by atoms with E-state index in [0.29, 0.717) is 21.9 Å². The minimum atomic E-state index is -0.267. The Kier molecular flexibility index (Phi) is 3.91. The second-order valence-electron chi connectivity index (χ2n) is 5.56. The lowest BCUT2D eigenvalue weighted by atomic mass is 10.0. The molecule has 4 rings (SSSR count). The molecule has 2 aromatic heterocycles. The zero-order valence-electron chi connectivity index (χ0n) is 12.5. The SMILES string of the molecule is N[C@H]1CCSc2cc(C(=O)Nc3ccnc4[nH]ncc34)c(Cl)cc21. The van der Waals surface area contributed by atoms with Crippen LogP contribution in [-0.2, 0) is 0 Å². The maximum Gasteiger partial charge on any atom is 0.257 e. The molecule has 0 radical (unpaired) electrons. The summed E-state index contributed by atoms with van der Waals surface area (Å²) in [5.74, 6) is 0.674. The van der Waals surface area contributed by atoms with Crippen LogP contribution >= 0.6 is 23.4 Å². The first-order valence-corrected chi connectivity index (χ1v) is 8.81. The van der Waals surface area contributed by atoms with Gasteiger partial charge in [0.15, 0.2) is 5.65 Å². The number of nitrogens with zero attached hydrogens (tertiary/aromatic N) is 2. The molecule has 0 saturated heterocycles. The third kappa shape index (κ3) is 2.64. The van der Waals surface area contributed by atoms with E-state index in [-0.39, 0.29) is 11.9 Å². The van der Waals surface area contributed by atoms with E-state index in [1.165, 1.54) is 0 Å². The van der Waals surface area contributed by atoms with Crippen LogP contribution in [0.2, 0.25) is 5.02 Å². The zero-order valence-corrected chi connectivity index (χ0v) is 14.1. The molecule has 3 heterocycles. The number of pyridine rings is 1. The van der Waals surface area contributed by atoms with Gasteiger partial charge in [-0.2, -0.15) is 5.10 Å². The lowest BCUT2D eigenvalue weighted by Gasteiger charge is -2.22. The molecule has 6 nitrogen and oxygen atoms in total. The van der Waals surface area contributed by atoms with E-state index >= 15 is 0 Å². The van der Waals surface area contributed by atoms with Crippen LogP contribution in [0, 0.1) is 0 Å². The minimum absolute atomic E-state index is 0.0263. The predicted molar refractivity (Wildman–Crippen MR) is 95.6 cm³/mol. The fourth-order valence-electron chi connectivity index (χ4n) is 2.76. The molecular weight excluding hydrogens is 346 g/mol. The number of amides is 1. The second kappa shape index (κ2) is 6.08. The summed E-state index contributed by atoms with van der Waals surface area (Å²) in [6.45, 7) is 0. The Hall–Kier alpha value is -2.09. The van der Waals surface area contributed by atoms with E-state index in [1.807, 2.05) is 12.1 Å². The number of aromatic amines is 1. The average Bonchev–Trinajstić information content (AvgIpc) is 3.05. The van der Waals surface area contributed by atoms with Crippen molar-refractivity contribution < 1.29 is 4.79 Å². The maximum atomic E-state index is 12.7. The van der Waals surface area contributed by atoms with Crippen LogP contribution in [0.5, 0.6) is 0 Å². The first-order valence-electron chi connectivity index (χ1n) is 7.45. The fraction of sp³-hybridized carbons (Fsp3) is 0.188. The number of nitrogens with one attached hydrogen (secondary N) is 2. The number of H-pyrrole nitrogens is 1. The van der Waals surface area contributed by atoms with Crippen LogP contribution in [0.4, 0.5) is 5.69 Å². The van der Waals surface area contributed by atoms with Gasteiger partial charge in [-0.25, -0.2) is 4.98 Å². The number of anilines is 1. The molecule has 122 valence electrons. The summed E-state index contributed by atoms with van der Waals surface area (Å²) in [6, 6.07) is 5.33. The minimum Gasteiger partial charge on any atom is -0.324 e. The van der Waals surface area contributed by atoms with Gasteiger partial charge in [-0.3, -0.25) is 9.89 Å². The van der Waals surface area contributed by atoms with E-state index in [4.69, 9.17) is 17.3 Å². The Morgan fingerprint density at radius 3 is 3.21 bits per heavy atom. The number of halogens is 1. The molecule has 0 unspecified atom stereocenters.